The Hall–Kier alpha value is -3.85. The summed E-state index contributed by atoms with van der Waals surface area (Å²) in [5.41, 5.74) is 3.20. The molecule has 0 aliphatic heterocycles. The fraction of sp³-hybridized carbons (Fsp3) is 0.107. The van der Waals surface area contributed by atoms with E-state index in [0.29, 0.717) is 13.1 Å². The van der Waals surface area contributed by atoms with Crippen LogP contribution in [0, 0.1) is 0 Å². The molecular formula is C28H25NO2. The Bertz CT molecular complexity index is 1180. The van der Waals surface area contributed by atoms with Crippen LogP contribution in [0.4, 0.5) is 0 Å². The molecule has 3 heteroatoms. The molecule has 0 unspecified atom stereocenters. The zero-order valence-corrected chi connectivity index (χ0v) is 17.6. The van der Waals surface area contributed by atoms with Crippen LogP contribution in [0.2, 0.25) is 0 Å². The summed E-state index contributed by atoms with van der Waals surface area (Å²) >= 11 is 0. The minimum atomic E-state index is -0.0207. The number of carbonyl (C=O) groups is 1. The normalized spacial score (nSPS) is 11.0. The first kappa shape index (κ1) is 20.4. The number of ether oxygens (including phenoxy) is 1. The summed E-state index contributed by atoms with van der Waals surface area (Å²) in [6.45, 7) is 1.05. The van der Waals surface area contributed by atoms with Gasteiger partial charge in [-0.15, -0.1) is 0 Å². The molecule has 4 aromatic carbocycles. The Morgan fingerprint density at radius 2 is 1.52 bits per heavy atom. The largest absolute Gasteiger partial charge is 0.497 e. The van der Waals surface area contributed by atoms with Gasteiger partial charge in [0.25, 0.3) is 0 Å². The zero-order valence-electron chi connectivity index (χ0n) is 17.6. The molecule has 0 heterocycles. The highest BCUT2D eigenvalue weighted by Crippen LogP contribution is 2.22. The molecule has 0 saturated heterocycles. The van der Waals surface area contributed by atoms with E-state index < -0.39 is 0 Å². The van der Waals surface area contributed by atoms with Gasteiger partial charge in [-0.05, 0) is 45.7 Å². The van der Waals surface area contributed by atoms with E-state index in [1.54, 1.807) is 13.2 Å². The first-order chi connectivity index (χ1) is 15.2. The summed E-state index contributed by atoms with van der Waals surface area (Å²) in [5, 5.41) is 2.35. The lowest BCUT2D eigenvalue weighted by molar-refractivity contribution is -0.127. The molecule has 0 N–H and O–H groups in total. The van der Waals surface area contributed by atoms with Crippen molar-refractivity contribution in [1.29, 1.82) is 0 Å². The molecule has 154 valence electrons. The molecule has 31 heavy (non-hydrogen) atoms. The van der Waals surface area contributed by atoms with Crippen molar-refractivity contribution in [3.63, 3.8) is 0 Å². The molecule has 4 rings (SSSR count). The van der Waals surface area contributed by atoms with Crippen LogP contribution in [-0.4, -0.2) is 17.9 Å². The molecule has 0 fully saturated rings. The molecule has 4 aromatic rings. The average molecular weight is 408 g/mol. The lowest BCUT2D eigenvalue weighted by Crippen LogP contribution is -2.28. The maximum atomic E-state index is 13.2. The van der Waals surface area contributed by atoms with Gasteiger partial charge in [0.1, 0.15) is 5.75 Å². The van der Waals surface area contributed by atoms with E-state index in [1.807, 2.05) is 83.8 Å². The summed E-state index contributed by atoms with van der Waals surface area (Å²) in [4.78, 5) is 15.1. The van der Waals surface area contributed by atoms with Crippen molar-refractivity contribution in [2.75, 3.05) is 7.11 Å². The number of amides is 1. The van der Waals surface area contributed by atoms with Crippen molar-refractivity contribution < 1.29 is 9.53 Å². The number of fused-ring (bicyclic) bond motifs is 1. The number of hydrogen-bond acceptors (Lipinski definition) is 2. The summed E-state index contributed by atoms with van der Waals surface area (Å²) in [7, 11) is 1.65. The van der Waals surface area contributed by atoms with Gasteiger partial charge < -0.3 is 9.64 Å². The van der Waals surface area contributed by atoms with E-state index in [-0.39, 0.29) is 5.91 Å². The van der Waals surface area contributed by atoms with Gasteiger partial charge in [0, 0.05) is 19.2 Å². The van der Waals surface area contributed by atoms with Gasteiger partial charge >= 0.3 is 0 Å². The van der Waals surface area contributed by atoms with Crippen LogP contribution in [0.25, 0.3) is 16.8 Å². The van der Waals surface area contributed by atoms with Crippen LogP contribution < -0.4 is 4.74 Å². The van der Waals surface area contributed by atoms with Crippen LogP contribution in [0.15, 0.2) is 103 Å². The van der Waals surface area contributed by atoms with Gasteiger partial charge in [0.15, 0.2) is 0 Å². The Morgan fingerprint density at radius 3 is 2.29 bits per heavy atom. The van der Waals surface area contributed by atoms with E-state index in [0.717, 1.165) is 22.4 Å². The fourth-order valence-corrected chi connectivity index (χ4v) is 3.64. The average Bonchev–Trinajstić information content (AvgIpc) is 2.83. The topological polar surface area (TPSA) is 29.5 Å². The lowest BCUT2D eigenvalue weighted by Gasteiger charge is -2.23. The van der Waals surface area contributed by atoms with Gasteiger partial charge in [-0.25, -0.2) is 0 Å². The smallest absolute Gasteiger partial charge is 0.247 e. The second-order valence-corrected chi connectivity index (χ2v) is 7.42. The first-order valence-corrected chi connectivity index (χ1v) is 10.3. The predicted molar refractivity (Wildman–Crippen MR) is 127 cm³/mol. The van der Waals surface area contributed by atoms with Gasteiger partial charge in [-0.2, -0.15) is 0 Å². The van der Waals surface area contributed by atoms with Crippen molar-refractivity contribution in [3.05, 3.63) is 120 Å². The van der Waals surface area contributed by atoms with Crippen LogP contribution in [0.1, 0.15) is 16.7 Å². The molecule has 0 radical (unpaired) electrons. The monoisotopic (exact) mass is 407 g/mol. The van der Waals surface area contributed by atoms with Gasteiger partial charge in [0.2, 0.25) is 5.91 Å². The molecule has 0 aromatic heterocycles. The summed E-state index contributed by atoms with van der Waals surface area (Å²) < 4.78 is 5.26. The summed E-state index contributed by atoms with van der Waals surface area (Å²) in [5.74, 6) is 0.784. The molecule has 0 aliphatic rings. The number of rotatable bonds is 7. The first-order valence-electron chi connectivity index (χ1n) is 10.3. The third-order valence-corrected chi connectivity index (χ3v) is 5.30. The maximum absolute atomic E-state index is 13.2. The molecule has 0 spiro atoms. The minimum Gasteiger partial charge on any atom is -0.497 e. The van der Waals surface area contributed by atoms with Crippen LogP contribution in [0.3, 0.4) is 0 Å². The number of hydrogen-bond donors (Lipinski definition) is 0. The molecular weight excluding hydrogens is 382 g/mol. The van der Waals surface area contributed by atoms with Crippen molar-refractivity contribution in [1.82, 2.24) is 4.90 Å². The summed E-state index contributed by atoms with van der Waals surface area (Å²) in [6, 6.07) is 32.3. The lowest BCUT2D eigenvalue weighted by atomic mass is 10.0. The highest BCUT2D eigenvalue weighted by Gasteiger charge is 2.14. The van der Waals surface area contributed by atoms with Crippen LogP contribution >= 0.6 is 0 Å². The van der Waals surface area contributed by atoms with E-state index in [9.17, 15) is 4.79 Å². The number of methoxy groups -OCH3 is 1. The van der Waals surface area contributed by atoms with Crippen LogP contribution in [0.5, 0.6) is 5.75 Å². The number of benzene rings is 4. The highest BCUT2D eigenvalue weighted by molar-refractivity contribution is 5.92. The Morgan fingerprint density at radius 1 is 0.806 bits per heavy atom. The van der Waals surface area contributed by atoms with Crippen LogP contribution in [-0.2, 0) is 17.9 Å². The van der Waals surface area contributed by atoms with E-state index >= 15 is 0 Å². The maximum Gasteiger partial charge on any atom is 0.247 e. The quantitative estimate of drug-likeness (QED) is 0.347. The predicted octanol–water partition coefficient (Wildman–Crippen LogP) is 6.09. The van der Waals surface area contributed by atoms with Gasteiger partial charge in [-0.3, -0.25) is 4.79 Å². The van der Waals surface area contributed by atoms with E-state index in [4.69, 9.17) is 4.74 Å². The van der Waals surface area contributed by atoms with Crippen molar-refractivity contribution >= 4 is 22.8 Å². The number of nitrogens with zero attached hydrogens (tertiary/aromatic N) is 1. The SMILES string of the molecule is COc1ccc(CN(Cc2cccc3ccccc23)C(=O)/C=C/c2ccccc2)cc1. The minimum absolute atomic E-state index is 0.0207. The van der Waals surface area contributed by atoms with Crippen molar-refractivity contribution in [2.45, 2.75) is 13.1 Å². The molecule has 1 amide bonds. The molecule has 0 bridgehead atoms. The highest BCUT2D eigenvalue weighted by atomic mass is 16.5. The zero-order chi connectivity index (χ0) is 21.5. The van der Waals surface area contributed by atoms with E-state index in [1.165, 1.54) is 10.8 Å². The number of carbonyl (C=O) groups excluding carboxylic acids is 1. The van der Waals surface area contributed by atoms with Crippen molar-refractivity contribution in [3.8, 4) is 5.75 Å². The van der Waals surface area contributed by atoms with E-state index in [2.05, 4.69) is 24.3 Å². The summed E-state index contributed by atoms with van der Waals surface area (Å²) in [6.07, 6.45) is 3.52. The second kappa shape index (κ2) is 9.77. The molecule has 3 nitrogen and oxygen atoms in total. The Balaban J connectivity index is 1.62. The Kier molecular flexibility index (Phi) is 6.44. The second-order valence-electron chi connectivity index (χ2n) is 7.42. The van der Waals surface area contributed by atoms with Gasteiger partial charge in [-0.1, -0.05) is 84.9 Å². The fourth-order valence-electron chi connectivity index (χ4n) is 3.64. The van der Waals surface area contributed by atoms with Crippen molar-refractivity contribution in [2.24, 2.45) is 0 Å². The molecule has 0 aliphatic carbocycles. The third-order valence-electron chi connectivity index (χ3n) is 5.30. The molecule has 0 saturated carbocycles. The van der Waals surface area contributed by atoms with Gasteiger partial charge in [0.05, 0.1) is 7.11 Å². The standard InChI is InChI=1S/C28H25NO2/c1-31-26-17-14-23(15-18-26)20-29(28(30)19-16-22-8-3-2-4-9-22)21-25-12-7-11-24-10-5-6-13-27(24)25/h2-19H,20-21H2,1H3/b19-16+. The third kappa shape index (κ3) is 5.20. The molecule has 0 atom stereocenters. The Labute approximate surface area is 183 Å².